The minimum Gasteiger partial charge on any atom is -0.236 e. The second-order valence-electron chi connectivity index (χ2n) is 12.6. The number of benzene rings is 8. The first-order chi connectivity index (χ1) is 24.8. The second kappa shape index (κ2) is 12.8. The summed E-state index contributed by atoms with van der Waals surface area (Å²) in [4.78, 5) is 9.90. The van der Waals surface area contributed by atoms with Gasteiger partial charge in [-0.3, -0.25) is 0 Å². The molecule has 0 radical (unpaired) electrons. The van der Waals surface area contributed by atoms with Gasteiger partial charge in [-0.25, -0.2) is 9.97 Å². The predicted octanol–water partition coefficient (Wildman–Crippen LogP) is 12.8. The standard InChI is InChI=1S/C48H32N2/c1-5-15-35(16-6-1)45-40-23-13-14-24-41(40)46(36-17-7-2-8-18-36)43-31-39(29-30-42(43)45)33-25-27-34(28-26-33)44-32-49-48(38-21-11-4-12-22-38)50-47(44)37-19-9-3-10-20-37/h1-32H. The Morgan fingerprint density at radius 2 is 0.740 bits per heavy atom. The van der Waals surface area contributed by atoms with Crippen LogP contribution >= 0.6 is 0 Å². The fourth-order valence-corrected chi connectivity index (χ4v) is 7.17. The van der Waals surface area contributed by atoms with Crippen molar-refractivity contribution in [3.63, 3.8) is 0 Å². The summed E-state index contributed by atoms with van der Waals surface area (Å²) in [6.07, 6.45) is 1.96. The molecule has 0 aliphatic rings. The Kier molecular flexibility index (Phi) is 7.53. The lowest BCUT2D eigenvalue weighted by molar-refractivity contribution is 1.18. The summed E-state index contributed by atoms with van der Waals surface area (Å²) >= 11 is 0. The number of hydrogen-bond donors (Lipinski definition) is 0. The van der Waals surface area contributed by atoms with Gasteiger partial charge in [0.15, 0.2) is 5.82 Å². The van der Waals surface area contributed by atoms with Gasteiger partial charge in [0.25, 0.3) is 0 Å². The zero-order chi connectivity index (χ0) is 33.3. The first kappa shape index (κ1) is 29.5. The van der Waals surface area contributed by atoms with Crippen LogP contribution in [0.2, 0.25) is 0 Å². The normalized spacial score (nSPS) is 11.2. The highest BCUT2D eigenvalue weighted by Crippen LogP contribution is 2.45. The molecule has 50 heavy (non-hydrogen) atoms. The summed E-state index contributed by atoms with van der Waals surface area (Å²) in [6, 6.07) is 66.7. The molecule has 1 heterocycles. The van der Waals surface area contributed by atoms with Gasteiger partial charge in [0.1, 0.15) is 0 Å². The van der Waals surface area contributed by atoms with Gasteiger partial charge in [0.2, 0.25) is 0 Å². The molecule has 0 N–H and O–H groups in total. The van der Waals surface area contributed by atoms with Crippen molar-refractivity contribution in [2.75, 3.05) is 0 Å². The zero-order valence-corrected chi connectivity index (χ0v) is 27.4. The number of nitrogens with zero attached hydrogens (tertiary/aromatic N) is 2. The monoisotopic (exact) mass is 636 g/mol. The smallest absolute Gasteiger partial charge is 0.159 e. The fraction of sp³-hybridized carbons (Fsp3) is 0. The van der Waals surface area contributed by atoms with Crippen molar-refractivity contribution in [1.29, 1.82) is 0 Å². The molecule has 9 rings (SSSR count). The third-order valence-corrected chi connectivity index (χ3v) is 9.55. The number of rotatable bonds is 6. The van der Waals surface area contributed by atoms with Crippen LogP contribution in [0.25, 0.3) is 88.7 Å². The summed E-state index contributed by atoms with van der Waals surface area (Å²) in [7, 11) is 0. The molecule has 0 saturated heterocycles. The summed E-state index contributed by atoms with van der Waals surface area (Å²) in [5.74, 6) is 0.720. The van der Waals surface area contributed by atoms with Crippen LogP contribution in [-0.4, -0.2) is 9.97 Å². The lowest BCUT2D eigenvalue weighted by Crippen LogP contribution is -1.96. The van der Waals surface area contributed by atoms with E-state index in [1.54, 1.807) is 0 Å². The van der Waals surface area contributed by atoms with Crippen molar-refractivity contribution >= 4 is 21.5 Å². The van der Waals surface area contributed by atoms with Gasteiger partial charge >= 0.3 is 0 Å². The first-order valence-corrected chi connectivity index (χ1v) is 17.0. The van der Waals surface area contributed by atoms with E-state index in [0.717, 1.165) is 39.3 Å². The number of aromatic nitrogens is 2. The van der Waals surface area contributed by atoms with E-state index in [-0.39, 0.29) is 0 Å². The molecule has 2 heteroatoms. The van der Waals surface area contributed by atoms with E-state index >= 15 is 0 Å². The van der Waals surface area contributed by atoms with Crippen molar-refractivity contribution < 1.29 is 0 Å². The molecule has 0 atom stereocenters. The highest BCUT2D eigenvalue weighted by Gasteiger charge is 2.18. The minimum atomic E-state index is 0.720. The highest BCUT2D eigenvalue weighted by atomic mass is 14.9. The Morgan fingerprint density at radius 3 is 1.32 bits per heavy atom. The lowest BCUT2D eigenvalue weighted by Gasteiger charge is -2.19. The van der Waals surface area contributed by atoms with Gasteiger partial charge in [-0.05, 0) is 66.6 Å². The summed E-state index contributed by atoms with van der Waals surface area (Å²) in [5.41, 5.74) is 12.4. The van der Waals surface area contributed by atoms with Crippen molar-refractivity contribution in [1.82, 2.24) is 9.97 Å². The average molecular weight is 637 g/mol. The summed E-state index contributed by atoms with van der Waals surface area (Å²) in [5, 5.41) is 5.01. The van der Waals surface area contributed by atoms with Crippen LogP contribution in [-0.2, 0) is 0 Å². The van der Waals surface area contributed by atoms with Crippen molar-refractivity contribution in [2.24, 2.45) is 0 Å². The molecule has 0 saturated carbocycles. The molecule has 0 aliphatic heterocycles. The average Bonchev–Trinajstić information content (AvgIpc) is 3.21. The number of hydrogen-bond acceptors (Lipinski definition) is 2. The highest BCUT2D eigenvalue weighted by molar-refractivity contribution is 6.22. The van der Waals surface area contributed by atoms with E-state index in [1.807, 2.05) is 30.5 Å². The van der Waals surface area contributed by atoms with E-state index in [9.17, 15) is 0 Å². The van der Waals surface area contributed by atoms with Crippen LogP contribution in [0.5, 0.6) is 0 Å². The van der Waals surface area contributed by atoms with Crippen LogP contribution < -0.4 is 0 Å². The largest absolute Gasteiger partial charge is 0.236 e. The van der Waals surface area contributed by atoms with E-state index in [2.05, 4.69) is 164 Å². The first-order valence-electron chi connectivity index (χ1n) is 17.0. The fourth-order valence-electron chi connectivity index (χ4n) is 7.17. The maximum atomic E-state index is 5.09. The van der Waals surface area contributed by atoms with E-state index in [0.29, 0.717) is 0 Å². The Bertz CT molecular complexity index is 2600. The Morgan fingerprint density at radius 1 is 0.300 bits per heavy atom. The van der Waals surface area contributed by atoms with Gasteiger partial charge in [0.05, 0.1) is 5.69 Å². The zero-order valence-electron chi connectivity index (χ0n) is 27.4. The van der Waals surface area contributed by atoms with Crippen molar-refractivity contribution in [3.05, 3.63) is 194 Å². The minimum absolute atomic E-state index is 0.720. The van der Waals surface area contributed by atoms with Gasteiger partial charge in [-0.2, -0.15) is 0 Å². The lowest BCUT2D eigenvalue weighted by atomic mass is 9.85. The molecule has 0 amide bonds. The Balaban J connectivity index is 1.20. The topological polar surface area (TPSA) is 25.8 Å². The molecule has 0 bridgehead atoms. The van der Waals surface area contributed by atoms with Crippen LogP contribution in [0.1, 0.15) is 0 Å². The Labute approximate surface area is 292 Å². The van der Waals surface area contributed by atoms with E-state index < -0.39 is 0 Å². The molecule has 0 aliphatic carbocycles. The molecule has 1 aromatic heterocycles. The van der Waals surface area contributed by atoms with Gasteiger partial charge in [-0.15, -0.1) is 0 Å². The molecule has 0 spiro atoms. The molecule has 9 aromatic rings. The summed E-state index contributed by atoms with van der Waals surface area (Å²) in [6.45, 7) is 0. The third-order valence-electron chi connectivity index (χ3n) is 9.55. The Hall–Kier alpha value is -6.64. The van der Waals surface area contributed by atoms with Crippen LogP contribution in [0, 0.1) is 0 Å². The molecule has 0 unspecified atom stereocenters. The molecular formula is C48H32N2. The molecule has 0 fully saturated rings. The third kappa shape index (κ3) is 5.34. The SMILES string of the molecule is c1ccc(-c2ncc(-c3ccc(-c4ccc5c(-c6ccccc6)c6ccccc6c(-c6ccccc6)c5c4)cc3)c(-c3ccccc3)n2)cc1. The van der Waals surface area contributed by atoms with Gasteiger partial charge in [0, 0.05) is 22.9 Å². The molecule has 2 nitrogen and oxygen atoms in total. The number of fused-ring (bicyclic) bond motifs is 2. The molecule has 8 aromatic carbocycles. The predicted molar refractivity (Wildman–Crippen MR) is 210 cm³/mol. The van der Waals surface area contributed by atoms with E-state index in [4.69, 9.17) is 9.97 Å². The maximum absolute atomic E-state index is 5.09. The maximum Gasteiger partial charge on any atom is 0.159 e. The van der Waals surface area contributed by atoms with E-state index in [1.165, 1.54) is 49.4 Å². The second-order valence-corrected chi connectivity index (χ2v) is 12.6. The summed E-state index contributed by atoms with van der Waals surface area (Å²) < 4.78 is 0. The van der Waals surface area contributed by atoms with Crippen LogP contribution in [0.4, 0.5) is 0 Å². The van der Waals surface area contributed by atoms with Gasteiger partial charge < -0.3 is 0 Å². The molecule has 234 valence electrons. The van der Waals surface area contributed by atoms with Crippen LogP contribution in [0.3, 0.4) is 0 Å². The molecular weight excluding hydrogens is 605 g/mol. The van der Waals surface area contributed by atoms with Crippen molar-refractivity contribution in [3.8, 4) is 67.2 Å². The van der Waals surface area contributed by atoms with Crippen molar-refractivity contribution in [2.45, 2.75) is 0 Å². The quantitative estimate of drug-likeness (QED) is 0.170. The van der Waals surface area contributed by atoms with Crippen LogP contribution in [0.15, 0.2) is 194 Å². The van der Waals surface area contributed by atoms with Gasteiger partial charge in [-0.1, -0.05) is 182 Å².